The number of phosphoric ester groups is 1. The topological polar surface area (TPSA) is 108 Å². The number of likely N-dealkylation sites (N-methyl/N-ethyl adjacent to an activating group) is 1. The van der Waals surface area contributed by atoms with Crippen LogP contribution >= 0.6 is 23.8 Å². The van der Waals surface area contributed by atoms with Gasteiger partial charge in [0, 0.05) is 18.2 Å². The lowest BCUT2D eigenvalue weighted by Gasteiger charge is -2.24. The van der Waals surface area contributed by atoms with E-state index in [0.29, 0.717) is 23.9 Å². The third-order valence-electron chi connectivity index (χ3n) is 8.88. The monoisotopic (exact) mass is 774 g/mol. The average Bonchev–Trinajstić information content (AvgIpc) is 3.07. The number of rotatable bonds is 24. The molecule has 1 N–H and O–H groups in total. The molecule has 0 spiro atoms. The highest BCUT2D eigenvalue weighted by atomic mass is 79.9. The molecule has 4 aromatic carbocycles. The summed E-state index contributed by atoms with van der Waals surface area (Å²) in [7, 11) is 1.40. The molecule has 274 valence electrons. The van der Waals surface area contributed by atoms with E-state index in [-0.39, 0.29) is 26.1 Å². The van der Waals surface area contributed by atoms with Crippen LogP contribution in [0.25, 0.3) is 32.3 Å². The summed E-state index contributed by atoms with van der Waals surface area (Å²) in [5, 5.41) is 8.30. The van der Waals surface area contributed by atoms with Crippen LogP contribution in [0.3, 0.4) is 0 Å². The van der Waals surface area contributed by atoms with Gasteiger partial charge in [-0.25, -0.2) is 4.57 Å². The van der Waals surface area contributed by atoms with Gasteiger partial charge in [-0.2, -0.15) is 0 Å². The third kappa shape index (κ3) is 13.2. The maximum Gasteiger partial charge on any atom is 0.472 e. The zero-order valence-corrected chi connectivity index (χ0v) is 32.4. The Morgan fingerprint density at radius 2 is 1.34 bits per heavy atom. The molecule has 0 aliphatic carbocycles. The number of carbonyl (C=O) groups is 2. The van der Waals surface area contributed by atoms with E-state index in [9.17, 15) is 19.0 Å². The van der Waals surface area contributed by atoms with Crippen molar-refractivity contribution in [3.05, 3.63) is 60.2 Å². The Balaban J connectivity index is 1.28. The van der Waals surface area contributed by atoms with Gasteiger partial charge in [0.15, 0.2) is 6.10 Å². The van der Waals surface area contributed by atoms with E-state index in [2.05, 4.69) is 70.5 Å². The highest BCUT2D eigenvalue weighted by Crippen LogP contribution is 2.43. The van der Waals surface area contributed by atoms with Crippen LogP contribution in [0.15, 0.2) is 54.6 Å². The van der Waals surface area contributed by atoms with Crippen LogP contribution < -0.4 is 0 Å². The molecule has 0 aliphatic rings. The number of esters is 2. The molecule has 1 unspecified atom stereocenters. The summed E-state index contributed by atoms with van der Waals surface area (Å²) < 4.78 is 34.5. The van der Waals surface area contributed by atoms with E-state index in [1.807, 2.05) is 21.1 Å². The van der Waals surface area contributed by atoms with Crippen LogP contribution in [0.5, 0.6) is 0 Å². The minimum absolute atomic E-state index is 0.0105. The van der Waals surface area contributed by atoms with Crippen molar-refractivity contribution in [3.63, 3.8) is 0 Å². The van der Waals surface area contributed by atoms with Gasteiger partial charge in [0.2, 0.25) is 0 Å². The normalized spacial score (nSPS) is 13.9. The number of alkyl halides is 1. The molecule has 50 heavy (non-hydrogen) atoms. The van der Waals surface area contributed by atoms with Crippen molar-refractivity contribution in [1.29, 1.82) is 0 Å². The number of carbonyl (C=O) groups excluding carboxylic acids is 2. The Morgan fingerprint density at radius 1 is 0.740 bits per heavy atom. The van der Waals surface area contributed by atoms with Crippen LogP contribution in [-0.4, -0.2) is 80.3 Å². The molecule has 11 heteroatoms. The Morgan fingerprint density at radius 3 is 2.02 bits per heavy atom. The maximum absolute atomic E-state index is 13.0. The van der Waals surface area contributed by atoms with Crippen LogP contribution in [0.1, 0.15) is 76.2 Å². The lowest BCUT2D eigenvalue weighted by Crippen LogP contribution is -2.37. The largest absolute Gasteiger partial charge is 0.472 e. The number of quaternary nitrogens is 1. The number of phosphoric acid groups is 1. The minimum atomic E-state index is -4.42. The van der Waals surface area contributed by atoms with Gasteiger partial charge in [-0.15, -0.1) is 0 Å². The SMILES string of the molecule is C[N+](C)(C)CCOP(=O)(O)OC[C@@H](COC(=O)CCCCCCCCCCBr)OC(=O)CCCc1ccc2ccc3cccc4ccc1c2c34. The third-order valence-corrected chi connectivity index (χ3v) is 10.4. The molecule has 9 nitrogen and oxygen atoms in total. The molecule has 0 heterocycles. The predicted molar refractivity (Wildman–Crippen MR) is 204 cm³/mol. The molecule has 0 aromatic heterocycles. The minimum Gasteiger partial charge on any atom is -0.462 e. The zero-order chi connectivity index (χ0) is 36.0. The summed E-state index contributed by atoms with van der Waals surface area (Å²) in [6.07, 6.45) is 9.31. The molecular formula is C39H54BrNO8P+. The number of hydrogen-bond acceptors (Lipinski definition) is 7. The second kappa shape index (κ2) is 19.9. The van der Waals surface area contributed by atoms with Gasteiger partial charge in [0.1, 0.15) is 19.8 Å². The van der Waals surface area contributed by atoms with E-state index in [4.69, 9.17) is 18.5 Å². The summed E-state index contributed by atoms with van der Waals surface area (Å²) in [5.41, 5.74) is 1.15. The fraction of sp³-hybridized carbons (Fsp3) is 0.538. The summed E-state index contributed by atoms with van der Waals surface area (Å²) in [4.78, 5) is 35.7. The number of unbranched alkanes of at least 4 members (excludes halogenated alkanes) is 7. The molecule has 0 saturated carbocycles. The second-order valence-electron chi connectivity index (χ2n) is 14.1. The smallest absolute Gasteiger partial charge is 0.462 e. The van der Waals surface area contributed by atoms with Crippen molar-refractivity contribution < 1.29 is 42.1 Å². The van der Waals surface area contributed by atoms with E-state index in [1.165, 1.54) is 58.0 Å². The number of benzene rings is 4. The van der Waals surface area contributed by atoms with Crippen LogP contribution in [-0.2, 0) is 39.1 Å². The highest BCUT2D eigenvalue weighted by Gasteiger charge is 2.27. The Labute approximate surface area is 305 Å². The molecule has 0 radical (unpaired) electrons. The Kier molecular flexibility index (Phi) is 16.0. The van der Waals surface area contributed by atoms with Crippen LogP contribution in [0.4, 0.5) is 0 Å². The standard InChI is InChI=1S/C39H53BrNO8P/c1-41(2,3)26-27-47-50(44,45)48-29-34(28-46-36(42)17-10-8-6-4-5-7-9-11-25-40)49-37(43)18-13-14-30-19-20-33-22-21-31-15-12-16-32-23-24-35(30)39(33)38(31)32/h12,15-16,19-24,34H,4-11,13-14,17-18,25-29H2,1-3H3/p+1/t34-/m1/s1. The van der Waals surface area contributed by atoms with Crippen molar-refractivity contribution in [2.24, 2.45) is 0 Å². The summed E-state index contributed by atoms with van der Waals surface area (Å²) in [6.45, 7) is -0.211. The predicted octanol–water partition coefficient (Wildman–Crippen LogP) is 9.11. The number of nitrogens with zero attached hydrogens (tertiary/aromatic N) is 1. The van der Waals surface area contributed by atoms with E-state index in [1.54, 1.807) is 0 Å². The van der Waals surface area contributed by atoms with Crippen molar-refractivity contribution in [2.75, 3.05) is 52.8 Å². The van der Waals surface area contributed by atoms with Gasteiger partial charge in [-0.1, -0.05) is 109 Å². The first-order valence-corrected chi connectivity index (χ1v) is 20.6. The van der Waals surface area contributed by atoms with Crippen LogP contribution in [0, 0.1) is 0 Å². The summed E-state index contributed by atoms with van der Waals surface area (Å²) in [5.74, 6) is -0.897. The van der Waals surface area contributed by atoms with Crippen molar-refractivity contribution >= 4 is 68.0 Å². The van der Waals surface area contributed by atoms with Gasteiger partial charge in [0.25, 0.3) is 0 Å². The summed E-state index contributed by atoms with van der Waals surface area (Å²) in [6, 6.07) is 19.2. The molecule has 4 rings (SSSR count). The van der Waals surface area contributed by atoms with Crippen molar-refractivity contribution in [3.8, 4) is 0 Å². The first-order valence-electron chi connectivity index (χ1n) is 17.9. The van der Waals surface area contributed by atoms with Crippen molar-refractivity contribution in [2.45, 2.75) is 83.2 Å². The van der Waals surface area contributed by atoms with Gasteiger partial charge in [-0.05, 0) is 63.6 Å². The lowest BCUT2D eigenvalue weighted by molar-refractivity contribution is -0.870. The maximum atomic E-state index is 13.0. The molecule has 0 amide bonds. The fourth-order valence-corrected chi connectivity index (χ4v) is 7.26. The molecule has 0 fully saturated rings. The average molecular weight is 776 g/mol. The summed E-state index contributed by atoms with van der Waals surface area (Å²) >= 11 is 3.46. The molecular weight excluding hydrogens is 721 g/mol. The zero-order valence-electron chi connectivity index (χ0n) is 29.9. The van der Waals surface area contributed by atoms with E-state index in [0.717, 1.165) is 36.6 Å². The van der Waals surface area contributed by atoms with E-state index >= 15 is 0 Å². The Hall–Kier alpha value is -2.59. The van der Waals surface area contributed by atoms with Crippen molar-refractivity contribution in [1.82, 2.24) is 0 Å². The van der Waals surface area contributed by atoms with Gasteiger partial charge in [-0.3, -0.25) is 18.6 Å². The molecule has 4 aromatic rings. The van der Waals surface area contributed by atoms with Crippen LogP contribution in [0.2, 0.25) is 0 Å². The number of halogens is 1. The van der Waals surface area contributed by atoms with E-state index < -0.39 is 32.5 Å². The number of aryl methyl sites for hydroxylation is 1. The van der Waals surface area contributed by atoms with Gasteiger partial charge < -0.3 is 18.9 Å². The molecule has 2 atom stereocenters. The number of hydrogen-bond donors (Lipinski definition) is 1. The fourth-order valence-electron chi connectivity index (χ4n) is 6.13. The quantitative estimate of drug-likeness (QED) is 0.0188. The molecule has 0 aliphatic heterocycles. The highest BCUT2D eigenvalue weighted by molar-refractivity contribution is 9.09. The second-order valence-corrected chi connectivity index (χ2v) is 16.4. The first kappa shape index (κ1) is 40.2. The first-order chi connectivity index (χ1) is 24.0. The Bertz CT molecular complexity index is 1690. The lowest BCUT2D eigenvalue weighted by atomic mass is 9.90. The molecule has 0 bridgehead atoms. The number of ether oxygens (including phenoxy) is 2. The van der Waals surface area contributed by atoms with Gasteiger partial charge >= 0.3 is 19.8 Å². The molecule has 0 saturated heterocycles. The van der Waals surface area contributed by atoms with Gasteiger partial charge in [0.05, 0.1) is 27.7 Å².